The van der Waals surface area contributed by atoms with Gasteiger partial charge in [0, 0.05) is 0 Å². The standard InChI is InChI=1S/C14H27NO2/c1-7-14(6,8-2)9-10-15-11-12(16)17-13(3,4)5/h10H,7-9,11H2,1-6H3. The lowest BCUT2D eigenvalue weighted by molar-refractivity contribution is -0.152. The van der Waals surface area contributed by atoms with Crippen LogP contribution in [0.5, 0.6) is 0 Å². The maximum atomic E-state index is 11.4. The number of hydrogen-bond donors (Lipinski definition) is 0. The topological polar surface area (TPSA) is 38.7 Å². The Balaban J connectivity index is 4.00. The van der Waals surface area contributed by atoms with Crippen molar-refractivity contribution in [3.63, 3.8) is 0 Å². The van der Waals surface area contributed by atoms with Crippen molar-refractivity contribution in [3.05, 3.63) is 0 Å². The summed E-state index contributed by atoms with van der Waals surface area (Å²) in [5.74, 6) is -0.261. The van der Waals surface area contributed by atoms with Gasteiger partial charge in [-0.1, -0.05) is 33.6 Å². The van der Waals surface area contributed by atoms with E-state index in [4.69, 9.17) is 4.74 Å². The first-order valence-corrected chi connectivity index (χ1v) is 6.42. The lowest BCUT2D eigenvalue weighted by Crippen LogP contribution is -2.25. The van der Waals surface area contributed by atoms with E-state index >= 15 is 0 Å². The molecule has 0 amide bonds. The van der Waals surface area contributed by atoms with Crippen molar-refractivity contribution in [2.24, 2.45) is 10.4 Å². The van der Waals surface area contributed by atoms with Crippen molar-refractivity contribution in [1.82, 2.24) is 0 Å². The largest absolute Gasteiger partial charge is 0.459 e. The van der Waals surface area contributed by atoms with Gasteiger partial charge in [0.25, 0.3) is 0 Å². The van der Waals surface area contributed by atoms with Crippen molar-refractivity contribution < 1.29 is 9.53 Å². The summed E-state index contributed by atoms with van der Waals surface area (Å²) in [5, 5.41) is 0. The van der Waals surface area contributed by atoms with Crippen molar-refractivity contribution in [2.75, 3.05) is 6.54 Å². The SMILES string of the molecule is CCC(C)(CC)CC=NCC(=O)OC(C)(C)C. The summed E-state index contributed by atoms with van der Waals surface area (Å²) in [6.07, 6.45) is 5.03. The molecule has 0 radical (unpaired) electrons. The average molecular weight is 241 g/mol. The van der Waals surface area contributed by atoms with Crippen LogP contribution < -0.4 is 0 Å². The van der Waals surface area contributed by atoms with Crippen LogP contribution in [0.4, 0.5) is 0 Å². The molecule has 3 nitrogen and oxygen atoms in total. The van der Waals surface area contributed by atoms with E-state index in [0.29, 0.717) is 5.41 Å². The minimum absolute atomic E-state index is 0.126. The first-order chi connectivity index (χ1) is 7.72. The van der Waals surface area contributed by atoms with Gasteiger partial charge in [-0.15, -0.1) is 0 Å². The molecule has 0 fully saturated rings. The van der Waals surface area contributed by atoms with Gasteiger partial charge in [0.2, 0.25) is 0 Å². The van der Waals surface area contributed by atoms with E-state index in [9.17, 15) is 4.79 Å². The van der Waals surface area contributed by atoms with Crippen LogP contribution in [0.3, 0.4) is 0 Å². The zero-order valence-corrected chi connectivity index (χ0v) is 12.2. The second kappa shape index (κ2) is 6.77. The Bertz CT molecular complexity index is 260. The van der Waals surface area contributed by atoms with E-state index in [1.54, 1.807) is 0 Å². The Morgan fingerprint density at radius 2 is 1.71 bits per heavy atom. The van der Waals surface area contributed by atoms with Gasteiger partial charge in [0.05, 0.1) is 0 Å². The van der Waals surface area contributed by atoms with Crippen molar-refractivity contribution in [3.8, 4) is 0 Å². The molecule has 0 unspecified atom stereocenters. The molecule has 0 N–H and O–H groups in total. The minimum atomic E-state index is -0.423. The highest BCUT2D eigenvalue weighted by atomic mass is 16.6. The van der Waals surface area contributed by atoms with Crippen LogP contribution >= 0.6 is 0 Å². The molecule has 0 aromatic heterocycles. The van der Waals surface area contributed by atoms with Gasteiger partial charge in [-0.05, 0) is 38.8 Å². The highest BCUT2D eigenvalue weighted by Gasteiger charge is 2.18. The highest BCUT2D eigenvalue weighted by molar-refractivity contribution is 5.74. The number of hydrogen-bond acceptors (Lipinski definition) is 3. The molecular weight excluding hydrogens is 214 g/mol. The summed E-state index contributed by atoms with van der Waals surface area (Å²) < 4.78 is 5.17. The molecule has 100 valence electrons. The number of aliphatic imine (C=N–C) groups is 1. The van der Waals surface area contributed by atoms with E-state index in [0.717, 1.165) is 19.3 Å². The molecule has 0 saturated carbocycles. The molecule has 3 heteroatoms. The third-order valence-electron chi connectivity index (χ3n) is 3.06. The van der Waals surface area contributed by atoms with E-state index in [-0.39, 0.29) is 12.5 Å². The molecule has 0 aliphatic rings. The Morgan fingerprint density at radius 3 is 2.12 bits per heavy atom. The number of ether oxygens (including phenoxy) is 1. The smallest absolute Gasteiger partial charge is 0.328 e. The van der Waals surface area contributed by atoms with Crippen LogP contribution in [0.25, 0.3) is 0 Å². The third kappa shape index (κ3) is 7.94. The molecule has 0 aromatic rings. The first kappa shape index (κ1) is 16.1. The molecule has 0 aliphatic heterocycles. The number of carbonyl (C=O) groups excluding carboxylic acids is 1. The van der Waals surface area contributed by atoms with Gasteiger partial charge in [-0.25, -0.2) is 0 Å². The lowest BCUT2D eigenvalue weighted by atomic mass is 9.82. The molecule has 0 aromatic carbocycles. The minimum Gasteiger partial charge on any atom is -0.459 e. The van der Waals surface area contributed by atoms with Crippen LogP contribution in [0.15, 0.2) is 4.99 Å². The fourth-order valence-corrected chi connectivity index (χ4v) is 1.34. The Morgan fingerprint density at radius 1 is 1.18 bits per heavy atom. The normalized spacial score (nSPS) is 13.1. The fourth-order valence-electron chi connectivity index (χ4n) is 1.34. The molecule has 0 bridgehead atoms. The molecule has 0 atom stereocenters. The van der Waals surface area contributed by atoms with Crippen LogP contribution in [0.1, 0.15) is 60.8 Å². The number of nitrogens with zero attached hydrogens (tertiary/aromatic N) is 1. The predicted octanol–water partition coefficient (Wildman–Crippen LogP) is 3.62. The maximum absolute atomic E-state index is 11.4. The number of rotatable bonds is 6. The van der Waals surface area contributed by atoms with Crippen LogP contribution in [-0.4, -0.2) is 24.3 Å². The molecule has 0 rings (SSSR count). The summed E-state index contributed by atoms with van der Waals surface area (Å²) in [5.41, 5.74) is -0.120. The fraction of sp³-hybridized carbons (Fsp3) is 0.857. The summed E-state index contributed by atoms with van der Waals surface area (Å²) in [7, 11) is 0. The summed E-state index contributed by atoms with van der Waals surface area (Å²) in [6.45, 7) is 12.3. The molecule has 0 saturated heterocycles. The molecule has 17 heavy (non-hydrogen) atoms. The molecule has 0 heterocycles. The molecule has 0 aliphatic carbocycles. The quantitative estimate of drug-likeness (QED) is 0.526. The van der Waals surface area contributed by atoms with Gasteiger partial charge in [-0.3, -0.25) is 9.79 Å². The zero-order chi connectivity index (χ0) is 13.5. The van der Waals surface area contributed by atoms with E-state index in [2.05, 4.69) is 25.8 Å². The third-order valence-corrected chi connectivity index (χ3v) is 3.06. The van der Waals surface area contributed by atoms with Crippen molar-refractivity contribution in [2.45, 2.75) is 66.4 Å². The summed E-state index contributed by atoms with van der Waals surface area (Å²) >= 11 is 0. The van der Waals surface area contributed by atoms with Crippen molar-refractivity contribution in [1.29, 1.82) is 0 Å². The second-order valence-electron chi connectivity index (χ2n) is 5.83. The second-order valence-corrected chi connectivity index (χ2v) is 5.83. The van der Waals surface area contributed by atoms with Gasteiger partial charge < -0.3 is 4.74 Å². The van der Waals surface area contributed by atoms with E-state index in [1.807, 2.05) is 27.0 Å². The summed E-state index contributed by atoms with van der Waals surface area (Å²) in [4.78, 5) is 15.5. The number of carbonyl (C=O) groups is 1. The Labute approximate surface area is 106 Å². The average Bonchev–Trinajstić information content (AvgIpc) is 2.21. The zero-order valence-electron chi connectivity index (χ0n) is 12.2. The van der Waals surface area contributed by atoms with Crippen molar-refractivity contribution >= 4 is 12.2 Å². The van der Waals surface area contributed by atoms with Crippen LogP contribution in [0.2, 0.25) is 0 Å². The first-order valence-electron chi connectivity index (χ1n) is 6.42. The van der Waals surface area contributed by atoms with E-state index < -0.39 is 5.60 Å². The highest BCUT2D eigenvalue weighted by Crippen LogP contribution is 2.28. The van der Waals surface area contributed by atoms with Crippen LogP contribution in [-0.2, 0) is 9.53 Å². The van der Waals surface area contributed by atoms with Gasteiger partial charge in [0.1, 0.15) is 12.1 Å². The maximum Gasteiger partial charge on any atom is 0.328 e. The predicted molar refractivity (Wildman–Crippen MR) is 72.5 cm³/mol. The van der Waals surface area contributed by atoms with Gasteiger partial charge in [0.15, 0.2) is 0 Å². The molecule has 0 spiro atoms. The molecular formula is C14H27NO2. The van der Waals surface area contributed by atoms with Gasteiger partial charge in [-0.2, -0.15) is 0 Å². The Hall–Kier alpha value is -0.860. The van der Waals surface area contributed by atoms with E-state index in [1.165, 1.54) is 0 Å². The van der Waals surface area contributed by atoms with Gasteiger partial charge >= 0.3 is 5.97 Å². The monoisotopic (exact) mass is 241 g/mol. The Kier molecular flexibility index (Phi) is 6.43. The summed E-state index contributed by atoms with van der Waals surface area (Å²) in [6, 6.07) is 0. The van der Waals surface area contributed by atoms with Crippen LogP contribution in [0, 0.1) is 5.41 Å². The lowest BCUT2D eigenvalue weighted by Gasteiger charge is -2.24. The number of esters is 1.